The van der Waals surface area contributed by atoms with Gasteiger partial charge >= 0.3 is 11.9 Å². The summed E-state index contributed by atoms with van der Waals surface area (Å²) in [7, 11) is 1.26. The fourth-order valence-corrected chi connectivity index (χ4v) is 3.02. The molecule has 1 aliphatic carbocycles. The first kappa shape index (κ1) is 17.0. The number of carboxylic acid groups (broad SMARTS) is 1. The Morgan fingerprint density at radius 3 is 2.30 bits per heavy atom. The Labute approximate surface area is 135 Å². The molecule has 1 amide bonds. The maximum absolute atomic E-state index is 12.9. The second kappa shape index (κ2) is 7.76. The number of aliphatic carboxylic acids is 1. The summed E-state index contributed by atoms with van der Waals surface area (Å²) < 4.78 is 4.66. The molecule has 2 unspecified atom stereocenters. The fraction of sp³-hybridized carbons (Fsp3) is 0.471. The molecule has 6 nitrogen and oxygen atoms in total. The van der Waals surface area contributed by atoms with E-state index in [1.165, 1.54) is 12.0 Å². The van der Waals surface area contributed by atoms with Crippen molar-refractivity contribution in [2.75, 3.05) is 18.6 Å². The van der Waals surface area contributed by atoms with Gasteiger partial charge in [0.25, 0.3) is 0 Å². The quantitative estimate of drug-likeness (QED) is 0.840. The molecule has 1 aliphatic rings. The first-order valence-corrected chi connectivity index (χ1v) is 7.70. The van der Waals surface area contributed by atoms with Crippen molar-refractivity contribution in [1.29, 1.82) is 0 Å². The number of esters is 1. The Bertz CT molecular complexity index is 572. The second-order valence-corrected chi connectivity index (χ2v) is 5.67. The Morgan fingerprint density at radius 1 is 1.13 bits per heavy atom. The highest BCUT2D eigenvalue weighted by Crippen LogP contribution is 2.33. The predicted octanol–water partition coefficient (Wildman–Crippen LogP) is 2.08. The summed E-state index contributed by atoms with van der Waals surface area (Å²) in [5, 5.41) is 9.38. The molecule has 6 heteroatoms. The average molecular weight is 319 g/mol. The molecule has 1 aromatic carbocycles. The number of rotatable bonds is 5. The number of carboxylic acids is 1. The Balaban J connectivity index is 2.28. The van der Waals surface area contributed by atoms with E-state index >= 15 is 0 Å². The van der Waals surface area contributed by atoms with Gasteiger partial charge in [0.2, 0.25) is 5.91 Å². The van der Waals surface area contributed by atoms with Crippen molar-refractivity contribution in [3.8, 4) is 0 Å². The van der Waals surface area contributed by atoms with Crippen LogP contribution in [-0.2, 0) is 19.1 Å². The van der Waals surface area contributed by atoms with Crippen LogP contribution in [0, 0.1) is 11.8 Å². The standard InChI is InChI=1S/C17H21NO5/c1-23-15(19)11-18(12-7-3-2-4-8-12)16(20)13-9-5-6-10-14(13)17(21)22/h2-4,7-8,13-14H,5-6,9-11H2,1H3,(H,21,22). The zero-order chi connectivity index (χ0) is 16.8. The Morgan fingerprint density at radius 2 is 1.74 bits per heavy atom. The molecule has 0 spiro atoms. The first-order chi connectivity index (χ1) is 11.0. The summed E-state index contributed by atoms with van der Waals surface area (Å²) in [6.45, 7) is -0.220. The third-order valence-electron chi connectivity index (χ3n) is 4.25. The molecule has 0 aromatic heterocycles. The summed E-state index contributed by atoms with van der Waals surface area (Å²) in [4.78, 5) is 37.4. The summed E-state index contributed by atoms with van der Waals surface area (Å²) >= 11 is 0. The summed E-state index contributed by atoms with van der Waals surface area (Å²) in [5.74, 6) is -3.11. The van der Waals surface area contributed by atoms with Crippen molar-refractivity contribution in [3.63, 3.8) is 0 Å². The number of amides is 1. The smallest absolute Gasteiger partial charge is 0.325 e. The van der Waals surface area contributed by atoms with E-state index in [0.29, 0.717) is 18.5 Å². The molecule has 1 N–H and O–H groups in total. The number of methoxy groups -OCH3 is 1. The van der Waals surface area contributed by atoms with Crippen LogP contribution in [-0.4, -0.2) is 36.6 Å². The third kappa shape index (κ3) is 4.09. The molecule has 0 aliphatic heterocycles. The van der Waals surface area contributed by atoms with E-state index in [0.717, 1.165) is 12.8 Å². The Hall–Kier alpha value is -2.37. The van der Waals surface area contributed by atoms with Crippen molar-refractivity contribution >= 4 is 23.5 Å². The zero-order valence-corrected chi connectivity index (χ0v) is 13.1. The highest BCUT2D eigenvalue weighted by Gasteiger charge is 2.38. The molecule has 1 aromatic rings. The molecule has 2 rings (SSSR count). The van der Waals surface area contributed by atoms with Crippen LogP contribution in [0.2, 0.25) is 0 Å². The van der Waals surface area contributed by atoms with Crippen molar-refractivity contribution in [2.24, 2.45) is 11.8 Å². The SMILES string of the molecule is COC(=O)CN(C(=O)C1CCCCC1C(=O)O)c1ccccc1. The summed E-state index contributed by atoms with van der Waals surface area (Å²) in [6, 6.07) is 8.79. The summed E-state index contributed by atoms with van der Waals surface area (Å²) in [6.07, 6.45) is 2.65. The minimum Gasteiger partial charge on any atom is -0.481 e. The molecule has 1 saturated carbocycles. The lowest BCUT2D eigenvalue weighted by atomic mass is 9.78. The van der Waals surface area contributed by atoms with Gasteiger partial charge in [0.1, 0.15) is 6.54 Å². The van der Waals surface area contributed by atoms with E-state index in [2.05, 4.69) is 4.74 Å². The number of hydrogen-bond donors (Lipinski definition) is 1. The lowest BCUT2D eigenvalue weighted by Gasteiger charge is -2.32. The third-order valence-corrected chi connectivity index (χ3v) is 4.25. The fourth-order valence-electron chi connectivity index (χ4n) is 3.02. The van der Waals surface area contributed by atoms with Crippen molar-refractivity contribution in [2.45, 2.75) is 25.7 Å². The van der Waals surface area contributed by atoms with Gasteiger partial charge in [-0.1, -0.05) is 31.0 Å². The van der Waals surface area contributed by atoms with Crippen LogP contribution in [0.25, 0.3) is 0 Å². The van der Waals surface area contributed by atoms with Crippen LogP contribution >= 0.6 is 0 Å². The molecule has 0 saturated heterocycles. The van der Waals surface area contributed by atoms with Crippen LogP contribution in [0.4, 0.5) is 5.69 Å². The molecule has 0 heterocycles. The van der Waals surface area contributed by atoms with E-state index in [1.54, 1.807) is 24.3 Å². The van der Waals surface area contributed by atoms with E-state index in [9.17, 15) is 19.5 Å². The van der Waals surface area contributed by atoms with E-state index in [4.69, 9.17) is 0 Å². The number of carbonyl (C=O) groups is 3. The minimum absolute atomic E-state index is 0.220. The van der Waals surface area contributed by atoms with Gasteiger partial charge in [-0.3, -0.25) is 14.4 Å². The topological polar surface area (TPSA) is 83.9 Å². The van der Waals surface area contributed by atoms with Gasteiger partial charge in [0, 0.05) is 5.69 Å². The van der Waals surface area contributed by atoms with Crippen LogP contribution in [0.3, 0.4) is 0 Å². The maximum Gasteiger partial charge on any atom is 0.325 e. The Kier molecular flexibility index (Phi) is 5.73. The van der Waals surface area contributed by atoms with Crippen molar-refractivity contribution in [1.82, 2.24) is 0 Å². The number of hydrogen-bond acceptors (Lipinski definition) is 4. The molecule has 0 radical (unpaired) electrons. The minimum atomic E-state index is -0.950. The van der Waals surface area contributed by atoms with Crippen LogP contribution in [0.5, 0.6) is 0 Å². The van der Waals surface area contributed by atoms with Gasteiger partial charge < -0.3 is 14.7 Å². The highest BCUT2D eigenvalue weighted by atomic mass is 16.5. The van der Waals surface area contributed by atoms with Gasteiger partial charge in [-0.25, -0.2) is 0 Å². The lowest BCUT2D eigenvalue weighted by molar-refractivity contribution is -0.148. The molecule has 124 valence electrons. The van der Waals surface area contributed by atoms with E-state index in [1.807, 2.05) is 6.07 Å². The second-order valence-electron chi connectivity index (χ2n) is 5.67. The van der Waals surface area contributed by atoms with Gasteiger partial charge in [-0.15, -0.1) is 0 Å². The molecule has 23 heavy (non-hydrogen) atoms. The van der Waals surface area contributed by atoms with E-state index < -0.39 is 23.8 Å². The lowest BCUT2D eigenvalue weighted by Crippen LogP contribution is -2.45. The number of ether oxygens (including phenoxy) is 1. The largest absolute Gasteiger partial charge is 0.481 e. The molecule has 0 bridgehead atoms. The molecular weight excluding hydrogens is 298 g/mol. The average Bonchev–Trinajstić information content (AvgIpc) is 2.59. The van der Waals surface area contributed by atoms with Crippen LogP contribution in [0.15, 0.2) is 30.3 Å². The first-order valence-electron chi connectivity index (χ1n) is 7.70. The number of anilines is 1. The molecule has 2 atom stereocenters. The summed E-state index contributed by atoms with van der Waals surface area (Å²) in [5.41, 5.74) is 0.567. The number of carbonyl (C=O) groups excluding carboxylic acids is 2. The number of nitrogens with zero attached hydrogens (tertiary/aromatic N) is 1. The van der Waals surface area contributed by atoms with Crippen LogP contribution in [0.1, 0.15) is 25.7 Å². The monoisotopic (exact) mass is 319 g/mol. The molecule has 1 fully saturated rings. The van der Waals surface area contributed by atoms with Crippen LogP contribution < -0.4 is 4.90 Å². The number of para-hydroxylation sites is 1. The van der Waals surface area contributed by atoms with Crippen molar-refractivity contribution in [3.05, 3.63) is 30.3 Å². The van der Waals surface area contributed by atoms with Crippen molar-refractivity contribution < 1.29 is 24.2 Å². The number of benzene rings is 1. The van der Waals surface area contributed by atoms with Gasteiger partial charge in [0.05, 0.1) is 18.9 Å². The molecular formula is C17H21NO5. The normalized spacial score (nSPS) is 20.6. The van der Waals surface area contributed by atoms with E-state index in [-0.39, 0.29) is 12.5 Å². The van der Waals surface area contributed by atoms with Gasteiger partial charge in [0.15, 0.2) is 0 Å². The zero-order valence-electron chi connectivity index (χ0n) is 13.1. The maximum atomic E-state index is 12.9. The van der Waals surface area contributed by atoms with Gasteiger partial charge in [-0.05, 0) is 25.0 Å². The van der Waals surface area contributed by atoms with Gasteiger partial charge in [-0.2, -0.15) is 0 Å². The predicted molar refractivity (Wildman–Crippen MR) is 83.9 cm³/mol. The highest BCUT2D eigenvalue weighted by molar-refractivity contribution is 6.00.